The molecule has 1 unspecified atom stereocenters. The third-order valence-electron chi connectivity index (χ3n) is 2.84. The Kier molecular flexibility index (Phi) is 3.33. The average Bonchev–Trinajstić information content (AvgIpc) is 2.33. The molecule has 1 aromatic carbocycles. The van der Waals surface area contributed by atoms with Crippen molar-refractivity contribution in [3.8, 4) is 0 Å². The second-order valence-electron chi connectivity index (χ2n) is 4.01. The summed E-state index contributed by atoms with van der Waals surface area (Å²) in [6.45, 7) is 0.703. The van der Waals surface area contributed by atoms with Crippen LogP contribution < -0.4 is 16.4 Å². The molecule has 1 aromatic rings. The Hall–Kier alpha value is -1.89. The first-order valence-corrected chi connectivity index (χ1v) is 5.39. The zero-order valence-electron chi connectivity index (χ0n) is 9.53. The number of anilines is 2. The minimum Gasteiger partial charge on any atom is -0.395 e. The first-order chi connectivity index (χ1) is 8.50. The van der Waals surface area contributed by atoms with Crippen LogP contribution in [0.2, 0.25) is 0 Å². The van der Waals surface area contributed by atoms with Crippen LogP contribution in [0.4, 0.5) is 20.2 Å². The fraction of sp³-hybridized carbons (Fsp3) is 0.364. The van der Waals surface area contributed by atoms with Crippen molar-refractivity contribution >= 4 is 17.3 Å². The van der Waals surface area contributed by atoms with Gasteiger partial charge in [0.1, 0.15) is 11.9 Å². The van der Waals surface area contributed by atoms with Crippen LogP contribution in [0.1, 0.15) is 0 Å². The normalized spacial score (nSPS) is 19.9. The summed E-state index contributed by atoms with van der Waals surface area (Å²) in [4.78, 5) is 12.8. The first kappa shape index (κ1) is 12.6. The summed E-state index contributed by atoms with van der Waals surface area (Å²) >= 11 is 0. The maximum absolute atomic E-state index is 13.4. The molecule has 1 heterocycles. The minimum absolute atomic E-state index is 0.0763. The second-order valence-corrected chi connectivity index (χ2v) is 4.01. The van der Waals surface area contributed by atoms with Crippen LogP contribution in [0, 0.1) is 11.6 Å². The van der Waals surface area contributed by atoms with Crippen LogP contribution in [0.15, 0.2) is 12.1 Å². The molecule has 2 rings (SSSR count). The van der Waals surface area contributed by atoms with Crippen molar-refractivity contribution < 1.29 is 18.3 Å². The topological polar surface area (TPSA) is 81.6 Å². The number of carbonyl (C=O) groups is 1. The molecule has 5 nitrogen and oxygen atoms in total. The van der Waals surface area contributed by atoms with E-state index >= 15 is 0 Å². The number of carbonyl (C=O) groups excluding carboxylic acids is 1. The van der Waals surface area contributed by atoms with E-state index in [0.29, 0.717) is 19.2 Å². The summed E-state index contributed by atoms with van der Waals surface area (Å²) in [5.41, 5.74) is 10.7. The van der Waals surface area contributed by atoms with Gasteiger partial charge in [-0.05, 0) is 6.07 Å². The number of rotatable bonds is 2. The molecular formula is C11H13F2N3O2. The zero-order valence-corrected chi connectivity index (χ0v) is 9.53. The van der Waals surface area contributed by atoms with Crippen molar-refractivity contribution in [2.75, 3.05) is 30.4 Å². The van der Waals surface area contributed by atoms with E-state index in [-0.39, 0.29) is 18.0 Å². The van der Waals surface area contributed by atoms with Crippen LogP contribution in [0.25, 0.3) is 0 Å². The molecule has 4 N–H and O–H groups in total. The van der Waals surface area contributed by atoms with Gasteiger partial charge in [-0.1, -0.05) is 0 Å². The Labute approximate surface area is 102 Å². The lowest BCUT2D eigenvalue weighted by molar-refractivity contribution is -0.121. The first-order valence-electron chi connectivity index (χ1n) is 5.39. The maximum atomic E-state index is 13.4. The van der Waals surface area contributed by atoms with Gasteiger partial charge in [-0.25, -0.2) is 8.78 Å². The van der Waals surface area contributed by atoms with Crippen molar-refractivity contribution in [2.24, 2.45) is 5.73 Å². The third kappa shape index (κ3) is 2.21. The number of nitrogens with zero attached hydrogens (tertiary/aromatic N) is 1. The molecule has 1 atom stereocenters. The summed E-state index contributed by atoms with van der Waals surface area (Å²) in [5, 5.41) is 0. The van der Waals surface area contributed by atoms with Crippen molar-refractivity contribution in [1.82, 2.24) is 0 Å². The highest BCUT2D eigenvalue weighted by molar-refractivity contribution is 5.85. The van der Waals surface area contributed by atoms with Gasteiger partial charge in [0, 0.05) is 12.6 Å². The molecule has 0 bridgehead atoms. The molecular weight excluding hydrogens is 244 g/mol. The SMILES string of the molecule is NC(=O)C1COCCN1c1cc(F)cc(F)c1N. The largest absolute Gasteiger partial charge is 0.395 e. The van der Waals surface area contributed by atoms with Crippen molar-refractivity contribution in [3.05, 3.63) is 23.8 Å². The highest BCUT2D eigenvalue weighted by Crippen LogP contribution is 2.29. The fourth-order valence-corrected chi connectivity index (χ4v) is 1.94. The minimum atomic E-state index is -0.861. The molecule has 1 fully saturated rings. The molecule has 0 radical (unpaired) electrons. The summed E-state index contributed by atoms with van der Waals surface area (Å²) < 4.78 is 31.7. The predicted octanol–water partition coefficient (Wildman–Crippen LogP) is 0.237. The van der Waals surface area contributed by atoms with Crippen molar-refractivity contribution in [2.45, 2.75) is 6.04 Å². The molecule has 1 aliphatic rings. The van der Waals surface area contributed by atoms with E-state index in [1.54, 1.807) is 0 Å². The molecule has 0 aromatic heterocycles. The van der Waals surface area contributed by atoms with Gasteiger partial charge in [-0.15, -0.1) is 0 Å². The maximum Gasteiger partial charge on any atom is 0.242 e. The van der Waals surface area contributed by atoms with Crippen LogP contribution in [-0.4, -0.2) is 31.7 Å². The Morgan fingerprint density at radius 2 is 2.17 bits per heavy atom. The Morgan fingerprint density at radius 1 is 1.44 bits per heavy atom. The zero-order chi connectivity index (χ0) is 13.3. The molecule has 18 heavy (non-hydrogen) atoms. The van der Waals surface area contributed by atoms with Gasteiger partial charge in [0.05, 0.1) is 24.6 Å². The van der Waals surface area contributed by atoms with E-state index in [2.05, 4.69) is 0 Å². The third-order valence-corrected chi connectivity index (χ3v) is 2.84. The van der Waals surface area contributed by atoms with Crippen molar-refractivity contribution in [1.29, 1.82) is 0 Å². The number of amides is 1. The molecule has 0 aliphatic carbocycles. The lowest BCUT2D eigenvalue weighted by atomic mass is 10.1. The van der Waals surface area contributed by atoms with Gasteiger partial charge in [0.15, 0.2) is 5.82 Å². The number of ether oxygens (including phenoxy) is 1. The summed E-state index contributed by atoms with van der Waals surface area (Å²) in [6, 6.07) is 1.00. The number of morpholine rings is 1. The molecule has 0 spiro atoms. The van der Waals surface area contributed by atoms with E-state index in [0.717, 1.165) is 6.07 Å². The molecule has 1 saturated heterocycles. The summed E-state index contributed by atoms with van der Waals surface area (Å²) in [7, 11) is 0. The van der Waals surface area contributed by atoms with E-state index in [9.17, 15) is 13.6 Å². The Morgan fingerprint density at radius 3 is 2.83 bits per heavy atom. The smallest absolute Gasteiger partial charge is 0.242 e. The number of hydrogen-bond acceptors (Lipinski definition) is 4. The highest BCUT2D eigenvalue weighted by Gasteiger charge is 2.30. The standard InChI is InChI=1S/C11H13F2N3O2/c12-6-3-7(13)10(14)8(4-6)16-1-2-18-5-9(16)11(15)17/h3-4,9H,1-2,5,14H2,(H2,15,17). The van der Waals surface area contributed by atoms with Gasteiger partial charge < -0.3 is 21.1 Å². The van der Waals surface area contributed by atoms with Gasteiger partial charge >= 0.3 is 0 Å². The van der Waals surface area contributed by atoms with E-state index in [4.69, 9.17) is 16.2 Å². The van der Waals surface area contributed by atoms with Crippen LogP contribution in [0.3, 0.4) is 0 Å². The van der Waals surface area contributed by atoms with E-state index < -0.39 is 23.6 Å². The predicted molar refractivity (Wildman–Crippen MR) is 61.9 cm³/mol. The summed E-state index contributed by atoms with van der Waals surface area (Å²) in [6.07, 6.45) is 0. The number of nitrogen functional groups attached to an aromatic ring is 1. The van der Waals surface area contributed by atoms with Crippen molar-refractivity contribution in [3.63, 3.8) is 0 Å². The Bertz CT molecular complexity index is 482. The van der Waals surface area contributed by atoms with Crippen LogP contribution >= 0.6 is 0 Å². The molecule has 0 saturated carbocycles. The lowest BCUT2D eigenvalue weighted by Gasteiger charge is -2.36. The number of benzene rings is 1. The molecule has 7 heteroatoms. The van der Waals surface area contributed by atoms with Gasteiger partial charge in [0.25, 0.3) is 0 Å². The lowest BCUT2D eigenvalue weighted by Crippen LogP contribution is -2.52. The second kappa shape index (κ2) is 4.77. The number of nitrogens with two attached hydrogens (primary N) is 2. The highest BCUT2D eigenvalue weighted by atomic mass is 19.1. The number of hydrogen-bond donors (Lipinski definition) is 2. The van der Waals surface area contributed by atoms with E-state index in [1.807, 2.05) is 0 Å². The molecule has 98 valence electrons. The van der Waals surface area contributed by atoms with Crippen LogP contribution in [0.5, 0.6) is 0 Å². The van der Waals surface area contributed by atoms with E-state index in [1.165, 1.54) is 4.90 Å². The average molecular weight is 257 g/mol. The van der Waals surface area contributed by atoms with Crippen LogP contribution in [-0.2, 0) is 9.53 Å². The fourth-order valence-electron chi connectivity index (χ4n) is 1.94. The van der Waals surface area contributed by atoms with Gasteiger partial charge in [-0.3, -0.25) is 4.79 Å². The monoisotopic (exact) mass is 257 g/mol. The summed E-state index contributed by atoms with van der Waals surface area (Å²) in [5.74, 6) is -2.25. The Balaban J connectivity index is 2.42. The number of primary amides is 1. The number of halogens is 2. The van der Waals surface area contributed by atoms with Gasteiger partial charge in [-0.2, -0.15) is 0 Å². The quantitative estimate of drug-likeness (QED) is 0.743. The molecule has 1 amide bonds. The van der Waals surface area contributed by atoms with Gasteiger partial charge in [0.2, 0.25) is 5.91 Å². The molecule has 1 aliphatic heterocycles.